The lowest BCUT2D eigenvalue weighted by molar-refractivity contribution is 0.155. The topological polar surface area (TPSA) is 54.9 Å². The average Bonchev–Trinajstić information content (AvgIpc) is 2.99. The Kier molecular flexibility index (Phi) is 10.0. The fraction of sp³-hybridized carbons (Fsp3) is 0.588. The maximum absolute atomic E-state index is 5.54. The van der Waals surface area contributed by atoms with Crippen molar-refractivity contribution in [1.29, 1.82) is 0 Å². The predicted molar refractivity (Wildman–Crippen MR) is 105 cm³/mol. The van der Waals surface area contributed by atoms with E-state index in [1.807, 2.05) is 6.92 Å². The minimum Gasteiger partial charge on any atom is -0.493 e. The summed E-state index contributed by atoms with van der Waals surface area (Å²) in [6.07, 6.45) is 2.00. The highest BCUT2D eigenvalue weighted by Gasteiger charge is 2.11. The average molecular weight is 433 g/mol. The highest BCUT2D eigenvalue weighted by Crippen LogP contribution is 2.25. The van der Waals surface area contributed by atoms with Gasteiger partial charge in [-0.1, -0.05) is 12.1 Å². The molecule has 1 aliphatic heterocycles. The number of guanidine groups is 1. The first kappa shape index (κ1) is 20.0. The minimum atomic E-state index is 0. The van der Waals surface area contributed by atoms with E-state index in [-0.39, 0.29) is 24.0 Å². The second kappa shape index (κ2) is 11.5. The molecule has 5 nitrogen and oxygen atoms in total. The van der Waals surface area contributed by atoms with E-state index in [1.165, 1.54) is 11.1 Å². The smallest absolute Gasteiger partial charge is 0.191 e. The van der Waals surface area contributed by atoms with Gasteiger partial charge in [0.2, 0.25) is 0 Å². The molecule has 0 radical (unpaired) electrons. The second-order valence-corrected chi connectivity index (χ2v) is 5.17. The third-order valence-electron chi connectivity index (χ3n) is 3.51. The lowest BCUT2D eigenvalue weighted by Crippen LogP contribution is -2.38. The third-order valence-corrected chi connectivity index (χ3v) is 3.51. The number of fused-ring (bicyclic) bond motifs is 1. The van der Waals surface area contributed by atoms with E-state index >= 15 is 0 Å². The molecule has 2 rings (SSSR count). The number of nitrogens with one attached hydrogen (secondary N) is 2. The molecule has 1 aromatic carbocycles. The normalized spacial score (nSPS) is 13.0. The van der Waals surface area contributed by atoms with Crippen molar-refractivity contribution >= 4 is 29.9 Å². The summed E-state index contributed by atoms with van der Waals surface area (Å²) < 4.78 is 10.8. The lowest BCUT2D eigenvalue weighted by atomic mass is 10.1. The van der Waals surface area contributed by atoms with Crippen LogP contribution in [0.25, 0.3) is 0 Å². The Labute approximate surface area is 156 Å². The first-order chi connectivity index (χ1) is 10.8. The van der Waals surface area contributed by atoms with Gasteiger partial charge in [0.15, 0.2) is 5.96 Å². The standard InChI is InChI=1S/C17H27N3O2.HI/c1-3-18-17(20-10-12-21-4-2)19-9-7-14-5-6-16-15(13-14)8-11-22-16;/h5-6,13H,3-4,7-12H2,1-2H3,(H2,18,19,20);1H. The van der Waals surface area contributed by atoms with Crippen molar-refractivity contribution in [2.24, 2.45) is 4.99 Å². The van der Waals surface area contributed by atoms with Crippen LogP contribution >= 0.6 is 24.0 Å². The van der Waals surface area contributed by atoms with Gasteiger partial charge in [0.25, 0.3) is 0 Å². The Morgan fingerprint density at radius 2 is 2.17 bits per heavy atom. The maximum Gasteiger partial charge on any atom is 0.191 e. The SMILES string of the molecule is CCNC(=NCCOCC)NCCc1ccc2c(c1)CCO2.I. The molecule has 0 unspecified atom stereocenters. The summed E-state index contributed by atoms with van der Waals surface area (Å²) in [5, 5.41) is 6.62. The number of ether oxygens (including phenoxy) is 2. The zero-order valence-corrected chi connectivity index (χ0v) is 16.4. The van der Waals surface area contributed by atoms with Gasteiger partial charge in [-0.3, -0.25) is 4.99 Å². The molecule has 0 aliphatic carbocycles. The molecule has 0 fully saturated rings. The van der Waals surface area contributed by atoms with Crippen molar-refractivity contribution in [3.63, 3.8) is 0 Å². The summed E-state index contributed by atoms with van der Waals surface area (Å²) >= 11 is 0. The molecule has 130 valence electrons. The van der Waals surface area contributed by atoms with Crippen LogP contribution in [-0.4, -0.2) is 45.4 Å². The zero-order chi connectivity index (χ0) is 15.6. The fourth-order valence-corrected chi connectivity index (χ4v) is 2.43. The van der Waals surface area contributed by atoms with E-state index in [2.05, 4.69) is 40.7 Å². The monoisotopic (exact) mass is 433 g/mol. The molecule has 6 heteroatoms. The molecule has 2 N–H and O–H groups in total. The number of halogens is 1. The molecule has 0 atom stereocenters. The number of hydrogen-bond acceptors (Lipinski definition) is 3. The summed E-state index contributed by atoms with van der Waals surface area (Å²) in [4.78, 5) is 4.49. The Hall–Kier alpha value is -1.02. The van der Waals surface area contributed by atoms with Crippen LogP contribution in [0.1, 0.15) is 25.0 Å². The van der Waals surface area contributed by atoms with E-state index in [0.29, 0.717) is 13.2 Å². The maximum atomic E-state index is 5.54. The second-order valence-electron chi connectivity index (χ2n) is 5.17. The Bertz CT molecular complexity index is 495. The first-order valence-corrected chi connectivity index (χ1v) is 8.18. The fourth-order valence-electron chi connectivity index (χ4n) is 2.43. The van der Waals surface area contributed by atoms with Crippen molar-refractivity contribution in [1.82, 2.24) is 10.6 Å². The highest BCUT2D eigenvalue weighted by atomic mass is 127. The van der Waals surface area contributed by atoms with Crippen molar-refractivity contribution in [3.8, 4) is 5.75 Å². The molecule has 0 bridgehead atoms. The number of rotatable bonds is 8. The van der Waals surface area contributed by atoms with E-state index in [0.717, 1.165) is 50.9 Å². The van der Waals surface area contributed by atoms with E-state index in [1.54, 1.807) is 0 Å². The van der Waals surface area contributed by atoms with Gasteiger partial charge in [0, 0.05) is 26.1 Å². The summed E-state index contributed by atoms with van der Waals surface area (Å²) in [5.74, 6) is 1.90. The van der Waals surface area contributed by atoms with Gasteiger partial charge >= 0.3 is 0 Å². The van der Waals surface area contributed by atoms with Gasteiger partial charge in [0.05, 0.1) is 19.8 Å². The zero-order valence-electron chi connectivity index (χ0n) is 14.1. The summed E-state index contributed by atoms with van der Waals surface area (Å²) in [5.41, 5.74) is 2.66. The number of aliphatic imine (C=N–C) groups is 1. The number of benzene rings is 1. The molecule has 0 amide bonds. The Morgan fingerprint density at radius 1 is 1.30 bits per heavy atom. The number of nitrogens with zero attached hydrogens (tertiary/aromatic N) is 1. The molecular formula is C17H28IN3O2. The molecule has 1 heterocycles. The molecule has 0 saturated carbocycles. The van der Waals surface area contributed by atoms with Gasteiger partial charge in [0.1, 0.15) is 5.75 Å². The molecular weight excluding hydrogens is 405 g/mol. The van der Waals surface area contributed by atoms with Gasteiger partial charge in [-0.15, -0.1) is 24.0 Å². The molecule has 0 aromatic heterocycles. The highest BCUT2D eigenvalue weighted by molar-refractivity contribution is 14.0. The van der Waals surface area contributed by atoms with Gasteiger partial charge in [-0.2, -0.15) is 0 Å². The van der Waals surface area contributed by atoms with Gasteiger partial charge in [-0.05, 0) is 37.5 Å². The van der Waals surface area contributed by atoms with Crippen LogP contribution in [0.4, 0.5) is 0 Å². The molecule has 1 aromatic rings. The lowest BCUT2D eigenvalue weighted by Gasteiger charge is -2.11. The molecule has 0 saturated heterocycles. The van der Waals surface area contributed by atoms with Crippen LogP contribution < -0.4 is 15.4 Å². The molecule has 0 spiro atoms. The van der Waals surface area contributed by atoms with E-state index in [9.17, 15) is 0 Å². The van der Waals surface area contributed by atoms with E-state index in [4.69, 9.17) is 9.47 Å². The summed E-state index contributed by atoms with van der Waals surface area (Å²) in [7, 11) is 0. The number of hydrogen-bond donors (Lipinski definition) is 2. The molecule has 1 aliphatic rings. The molecule has 23 heavy (non-hydrogen) atoms. The van der Waals surface area contributed by atoms with Crippen LogP contribution in [0.3, 0.4) is 0 Å². The Morgan fingerprint density at radius 3 is 2.96 bits per heavy atom. The van der Waals surface area contributed by atoms with E-state index < -0.39 is 0 Å². The van der Waals surface area contributed by atoms with Crippen LogP contribution in [-0.2, 0) is 17.6 Å². The van der Waals surface area contributed by atoms with Gasteiger partial charge in [-0.25, -0.2) is 0 Å². The minimum absolute atomic E-state index is 0. The van der Waals surface area contributed by atoms with Gasteiger partial charge < -0.3 is 20.1 Å². The summed E-state index contributed by atoms with van der Waals surface area (Å²) in [6.45, 7) is 8.68. The first-order valence-electron chi connectivity index (χ1n) is 8.18. The van der Waals surface area contributed by atoms with Crippen molar-refractivity contribution in [3.05, 3.63) is 29.3 Å². The van der Waals surface area contributed by atoms with Crippen LogP contribution in [0.5, 0.6) is 5.75 Å². The van der Waals surface area contributed by atoms with Crippen molar-refractivity contribution < 1.29 is 9.47 Å². The predicted octanol–water partition coefficient (Wildman–Crippen LogP) is 2.37. The van der Waals surface area contributed by atoms with Crippen molar-refractivity contribution in [2.75, 3.05) is 39.5 Å². The Balaban J connectivity index is 0.00000264. The van der Waals surface area contributed by atoms with Crippen LogP contribution in [0, 0.1) is 0 Å². The van der Waals surface area contributed by atoms with Crippen LogP contribution in [0.2, 0.25) is 0 Å². The van der Waals surface area contributed by atoms with Crippen molar-refractivity contribution in [2.45, 2.75) is 26.7 Å². The summed E-state index contributed by atoms with van der Waals surface area (Å²) in [6, 6.07) is 6.48. The largest absolute Gasteiger partial charge is 0.493 e. The van der Waals surface area contributed by atoms with Crippen LogP contribution in [0.15, 0.2) is 23.2 Å². The third kappa shape index (κ3) is 6.95. The quantitative estimate of drug-likeness (QED) is 0.286.